The van der Waals surface area contributed by atoms with Crippen LogP contribution in [0.4, 0.5) is 0 Å². The molecule has 1 aromatic heterocycles. The number of hydrogen-bond acceptors (Lipinski definition) is 3. The van der Waals surface area contributed by atoms with Gasteiger partial charge in [-0.15, -0.1) is 0 Å². The zero-order chi connectivity index (χ0) is 14.5. The molecule has 0 atom stereocenters. The van der Waals surface area contributed by atoms with Crippen LogP contribution in [0.3, 0.4) is 0 Å². The monoisotopic (exact) mass is 266 g/mol. The molecule has 0 aliphatic heterocycles. The largest absolute Gasteiger partial charge is 0.333 e. The molecule has 4 heteroatoms. The topological polar surface area (TPSA) is 33.1 Å². The van der Waals surface area contributed by atoms with Gasteiger partial charge in [-0.25, -0.2) is 4.98 Å². The van der Waals surface area contributed by atoms with Gasteiger partial charge in [0.15, 0.2) is 0 Å². The molecule has 0 radical (unpaired) electrons. The van der Waals surface area contributed by atoms with Crippen LogP contribution in [0.25, 0.3) is 0 Å². The van der Waals surface area contributed by atoms with Crippen molar-refractivity contribution in [2.45, 2.75) is 40.8 Å². The maximum absolute atomic E-state index is 4.29. The van der Waals surface area contributed by atoms with Crippen LogP contribution in [0, 0.1) is 11.3 Å². The molecule has 0 spiro atoms. The van der Waals surface area contributed by atoms with Crippen molar-refractivity contribution in [3.63, 3.8) is 0 Å². The summed E-state index contributed by atoms with van der Waals surface area (Å²) in [6.07, 6.45) is 3.92. The average Bonchev–Trinajstić information content (AvgIpc) is 2.62. The van der Waals surface area contributed by atoms with Crippen LogP contribution in [0.15, 0.2) is 12.5 Å². The van der Waals surface area contributed by atoms with Crippen LogP contribution < -0.4 is 5.32 Å². The highest BCUT2D eigenvalue weighted by Gasteiger charge is 2.20. The van der Waals surface area contributed by atoms with E-state index in [-0.39, 0.29) is 5.41 Å². The number of aromatic nitrogens is 2. The summed E-state index contributed by atoms with van der Waals surface area (Å²) in [5, 5.41) is 3.48. The fraction of sp³-hybridized carbons (Fsp3) is 0.800. The number of nitrogens with zero attached hydrogens (tertiary/aromatic N) is 3. The number of nitrogens with one attached hydrogen (secondary N) is 1. The van der Waals surface area contributed by atoms with E-state index in [1.807, 2.05) is 12.5 Å². The molecular formula is C15H30N4. The molecule has 19 heavy (non-hydrogen) atoms. The van der Waals surface area contributed by atoms with Gasteiger partial charge in [-0.05, 0) is 32.0 Å². The lowest BCUT2D eigenvalue weighted by atomic mass is 9.93. The molecule has 0 aromatic carbocycles. The Bertz CT molecular complexity index is 366. The van der Waals surface area contributed by atoms with Crippen molar-refractivity contribution in [3.8, 4) is 0 Å². The first-order chi connectivity index (χ1) is 8.80. The minimum atomic E-state index is 0.247. The van der Waals surface area contributed by atoms with E-state index in [1.54, 1.807) is 0 Å². The Labute approximate surface area is 118 Å². The standard InChI is InChI=1S/C15H30N4/c1-13(2)7-16-8-14-9-17-12-19(14)11-15(3,4)10-18(5)6/h9,12-13,16H,7-8,10-11H2,1-6H3. The SMILES string of the molecule is CC(C)CNCc1cncn1CC(C)(C)CN(C)C. The van der Waals surface area contributed by atoms with Gasteiger partial charge in [0, 0.05) is 25.8 Å². The van der Waals surface area contributed by atoms with Gasteiger partial charge in [-0.1, -0.05) is 27.7 Å². The Morgan fingerprint density at radius 1 is 1.37 bits per heavy atom. The van der Waals surface area contributed by atoms with E-state index in [0.29, 0.717) is 5.92 Å². The van der Waals surface area contributed by atoms with E-state index < -0.39 is 0 Å². The second-order valence-corrected chi connectivity index (χ2v) is 6.94. The zero-order valence-electron chi connectivity index (χ0n) is 13.4. The second kappa shape index (κ2) is 7.06. The van der Waals surface area contributed by atoms with E-state index in [0.717, 1.165) is 26.2 Å². The third-order valence-corrected chi connectivity index (χ3v) is 3.00. The van der Waals surface area contributed by atoms with E-state index in [4.69, 9.17) is 0 Å². The molecule has 0 saturated heterocycles. The van der Waals surface area contributed by atoms with Crippen LogP contribution in [0.5, 0.6) is 0 Å². The average molecular weight is 266 g/mol. The van der Waals surface area contributed by atoms with Crippen LogP contribution >= 0.6 is 0 Å². The molecule has 0 unspecified atom stereocenters. The minimum Gasteiger partial charge on any atom is -0.333 e. The molecule has 0 bridgehead atoms. The smallest absolute Gasteiger partial charge is 0.0948 e. The number of imidazole rings is 1. The van der Waals surface area contributed by atoms with Crippen molar-refractivity contribution in [2.75, 3.05) is 27.2 Å². The summed E-state index contributed by atoms with van der Waals surface area (Å²) in [6.45, 7) is 13.1. The Kier molecular flexibility index (Phi) is 6.01. The maximum atomic E-state index is 4.29. The molecule has 0 saturated carbocycles. The Morgan fingerprint density at radius 2 is 2.05 bits per heavy atom. The highest BCUT2D eigenvalue weighted by atomic mass is 15.1. The fourth-order valence-electron chi connectivity index (χ4n) is 2.49. The van der Waals surface area contributed by atoms with E-state index in [2.05, 4.69) is 61.6 Å². The van der Waals surface area contributed by atoms with Crippen molar-refractivity contribution < 1.29 is 0 Å². The predicted molar refractivity (Wildman–Crippen MR) is 81.1 cm³/mol. The third kappa shape index (κ3) is 6.21. The summed E-state index contributed by atoms with van der Waals surface area (Å²) in [4.78, 5) is 6.54. The van der Waals surface area contributed by atoms with E-state index in [9.17, 15) is 0 Å². The van der Waals surface area contributed by atoms with E-state index >= 15 is 0 Å². The molecule has 0 aliphatic rings. The normalized spacial score (nSPS) is 12.6. The quantitative estimate of drug-likeness (QED) is 0.783. The van der Waals surface area contributed by atoms with Gasteiger partial charge in [0.1, 0.15) is 0 Å². The highest BCUT2D eigenvalue weighted by molar-refractivity contribution is 4.99. The van der Waals surface area contributed by atoms with Gasteiger partial charge in [-0.2, -0.15) is 0 Å². The molecule has 1 aromatic rings. The van der Waals surface area contributed by atoms with Crippen LogP contribution in [0.1, 0.15) is 33.4 Å². The molecular weight excluding hydrogens is 236 g/mol. The van der Waals surface area contributed by atoms with Gasteiger partial charge < -0.3 is 14.8 Å². The second-order valence-electron chi connectivity index (χ2n) is 6.94. The Balaban J connectivity index is 2.57. The molecule has 0 amide bonds. The van der Waals surface area contributed by atoms with Crippen molar-refractivity contribution in [2.24, 2.45) is 11.3 Å². The first-order valence-electron chi connectivity index (χ1n) is 7.14. The van der Waals surface area contributed by atoms with Gasteiger partial charge in [0.05, 0.1) is 12.0 Å². The first kappa shape index (κ1) is 16.2. The minimum absolute atomic E-state index is 0.247. The van der Waals surface area contributed by atoms with Crippen LogP contribution in [0.2, 0.25) is 0 Å². The van der Waals surface area contributed by atoms with Crippen molar-refractivity contribution in [1.82, 2.24) is 19.8 Å². The Morgan fingerprint density at radius 3 is 2.63 bits per heavy atom. The zero-order valence-corrected chi connectivity index (χ0v) is 13.4. The van der Waals surface area contributed by atoms with Crippen molar-refractivity contribution >= 4 is 0 Å². The van der Waals surface area contributed by atoms with Gasteiger partial charge in [0.25, 0.3) is 0 Å². The summed E-state index contributed by atoms with van der Waals surface area (Å²) < 4.78 is 2.27. The van der Waals surface area contributed by atoms with Gasteiger partial charge in [0.2, 0.25) is 0 Å². The molecule has 4 nitrogen and oxygen atoms in total. The fourth-order valence-corrected chi connectivity index (χ4v) is 2.49. The lowest BCUT2D eigenvalue weighted by Crippen LogP contribution is -2.33. The maximum Gasteiger partial charge on any atom is 0.0948 e. The molecule has 110 valence electrons. The molecule has 1 rings (SSSR count). The lowest BCUT2D eigenvalue weighted by molar-refractivity contribution is 0.209. The number of rotatable bonds is 8. The van der Waals surface area contributed by atoms with Gasteiger partial charge in [-0.3, -0.25) is 0 Å². The molecule has 0 aliphatic carbocycles. The Hall–Kier alpha value is -0.870. The molecule has 1 heterocycles. The molecule has 0 fully saturated rings. The predicted octanol–water partition coefficient (Wildman–Crippen LogP) is 2.22. The summed E-state index contributed by atoms with van der Waals surface area (Å²) in [6, 6.07) is 0. The summed E-state index contributed by atoms with van der Waals surface area (Å²) in [7, 11) is 4.25. The first-order valence-corrected chi connectivity index (χ1v) is 7.14. The van der Waals surface area contributed by atoms with Gasteiger partial charge >= 0.3 is 0 Å². The summed E-state index contributed by atoms with van der Waals surface area (Å²) in [5.74, 6) is 0.682. The van der Waals surface area contributed by atoms with Crippen molar-refractivity contribution in [1.29, 1.82) is 0 Å². The van der Waals surface area contributed by atoms with Crippen LogP contribution in [-0.4, -0.2) is 41.6 Å². The van der Waals surface area contributed by atoms with E-state index in [1.165, 1.54) is 5.69 Å². The summed E-state index contributed by atoms with van der Waals surface area (Å²) in [5.41, 5.74) is 1.52. The number of hydrogen-bond donors (Lipinski definition) is 1. The third-order valence-electron chi connectivity index (χ3n) is 3.00. The highest BCUT2D eigenvalue weighted by Crippen LogP contribution is 2.19. The lowest BCUT2D eigenvalue weighted by Gasteiger charge is -2.29. The van der Waals surface area contributed by atoms with Crippen LogP contribution in [-0.2, 0) is 13.1 Å². The summed E-state index contributed by atoms with van der Waals surface area (Å²) >= 11 is 0. The van der Waals surface area contributed by atoms with Crippen molar-refractivity contribution in [3.05, 3.63) is 18.2 Å². The molecule has 1 N–H and O–H groups in total.